The van der Waals surface area contributed by atoms with E-state index < -0.39 is 24.2 Å². The Morgan fingerprint density at radius 3 is 2.25 bits per heavy atom. The lowest BCUT2D eigenvalue weighted by Crippen LogP contribution is -2.29. The largest absolute Gasteiger partial charge is 0.493 e. The van der Waals surface area contributed by atoms with Crippen molar-refractivity contribution in [2.24, 2.45) is 0 Å². The number of fused-ring (bicyclic) bond motifs is 1. The van der Waals surface area contributed by atoms with E-state index >= 15 is 0 Å². The van der Waals surface area contributed by atoms with Crippen LogP contribution in [0.3, 0.4) is 0 Å². The third kappa shape index (κ3) is 4.59. The first-order valence-corrected chi connectivity index (χ1v) is 9.79. The van der Waals surface area contributed by atoms with Crippen LogP contribution in [-0.4, -0.2) is 44.9 Å². The molecule has 0 aromatic heterocycles. The Kier molecular flexibility index (Phi) is 6.82. The number of carbonyl (C=O) groups is 2. The molecule has 0 bridgehead atoms. The Labute approximate surface area is 185 Å². The molecule has 0 unspecified atom stereocenters. The number of aliphatic carboxylic acids is 1. The standard InChI is InChI=1S/C24H24FNO6/c1-13-17(7-14-8-20(30-2)24(32-4)21(9-14)31-3)16-6-5-15(25)10-19(16)18(13)11-22(27)26-12-23(28)29/h5-10H,11-12H2,1-4H3,(H,26,27)(H,28,29). The molecule has 168 valence electrons. The highest BCUT2D eigenvalue weighted by molar-refractivity contribution is 6.08. The van der Waals surface area contributed by atoms with Gasteiger partial charge in [-0.1, -0.05) is 6.07 Å². The minimum atomic E-state index is -1.13. The average molecular weight is 441 g/mol. The molecule has 8 heteroatoms. The van der Waals surface area contributed by atoms with Gasteiger partial charge in [-0.05, 0) is 70.7 Å². The first-order valence-electron chi connectivity index (χ1n) is 9.79. The Hall–Kier alpha value is -3.81. The van der Waals surface area contributed by atoms with Gasteiger partial charge in [0.15, 0.2) is 11.5 Å². The highest BCUT2D eigenvalue weighted by Crippen LogP contribution is 2.45. The molecule has 3 rings (SSSR count). The second-order valence-corrected chi connectivity index (χ2v) is 7.16. The fourth-order valence-corrected chi connectivity index (χ4v) is 3.73. The number of carbonyl (C=O) groups excluding carboxylic acids is 1. The van der Waals surface area contributed by atoms with E-state index in [1.54, 1.807) is 18.2 Å². The molecule has 0 heterocycles. The summed E-state index contributed by atoms with van der Waals surface area (Å²) in [5.41, 5.74) is 4.40. The number of rotatable bonds is 8. The van der Waals surface area contributed by atoms with Crippen molar-refractivity contribution < 1.29 is 33.3 Å². The first kappa shape index (κ1) is 22.9. The summed E-state index contributed by atoms with van der Waals surface area (Å²) >= 11 is 0. The summed E-state index contributed by atoms with van der Waals surface area (Å²) in [6.07, 6.45) is 1.83. The smallest absolute Gasteiger partial charge is 0.322 e. The summed E-state index contributed by atoms with van der Waals surface area (Å²) in [5, 5.41) is 11.1. The maximum Gasteiger partial charge on any atom is 0.322 e. The van der Waals surface area contributed by atoms with Gasteiger partial charge in [-0.2, -0.15) is 0 Å². The van der Waals surface area contributed by atoms with E-state index in [9.17, 15) is 14.0 Å². The van der Waals surface area contributed by atoms with E-state index in [0.29, 0.717) is 28.4 Å². The summed E-state index contributed by atoms with van der Waals surface area (Å²) in [4.78, 5) is 23.0. The van der Waals surface area contributed by atoms with Crippen LogP contribution in [0.4, 0.5) is 4.39 Å². The lowest BCUT2D eigenvalue weighted by molar-refractivity contribution is -0.137. The van der Waals surface area contributed by atoms with E-state index in [2.05, 4.69) is 5.32 Å². The summed E-state index contributed by atoms with van der Waals surface area (Å²) < 4.78 is 30.2. The topological polar surface area (TPSA) is 94.1 Å². The van der Waals surface area contributed by atoms with E-state index in [4.69, 9.17) is 19.3 Å². The number of ether oxygens (including phenoxy) is 3. The van der Waals surface area contributed by atoms with Crippen molar-refractivity contribution in [3.05, 3.63) is 58.4 Å². The average Bonchev–Trinajstić information content (AvgIpc) is 3.01. The number of halogens is 1. The second kappa shape index (κ2) is 9.55. The quantitative estimate of drug-likeness (QED) is 0.648. The Morgan fingerprint density at radius 1 is 1.03 bits per heavy atom. The van der Waals surface area contributed by atoms with Crippen LogP contribution in [-0.2, 0) is 9.59 Å². The normalized spacial score (nSPS) is 13.7. The molecule has 0 atom stereocenters. The van der Waals surface area contributed by atoms with Crippen LogP contribution >= 0.6 is 0 Å². The third-order valence-electron chi connectivity index (χ3n) is 5.23. The van der Waals surface area contributed by atoms with Crippen molar-refractivity contribution in [1.29, 1.82) is 0 Å². The van der Waals surface area contributed by atoms with Crippen LogP contribution in [0.25, 0.3) is 17.2 Å². The molecule has 2 aromatic carbocycles. The molecule has 2 N–H and O–H groups in total. The zero-order chi connectivity index (χ0) is 23.4. The van der Waals surface area contributed by atoms with Crippen LogP contribution < -0.4 is 19.5 Å². The molecular formula is C24H24FNO6. The number of hydrogen-bond donors (Lipinski definition) is 2. The minimum absolute atomic E-state index is 0.0673. The van der Waals surface area contributed by atoms with Gasteiger partial charge in [0, 0.05) is 0 Å². The minimum Gasteiger partial charge on any atom is -0.493 e. The van der Waals surface area contributed by atoms with Gasteiger partial charge in [0.2, 0.25) is 11.7 Å². The maximum atomic E-state index is 14.0. The third-order valence-corrected chi connectivity index (χ3v) is 5.23. The van der Waals surface area contributed by atoms with Gasteiger partial charge in [-0.15, -0.1) is 0 Å². The van der Waals surface area contributed by atoms with Gasteiger partial charge in [-0.3, -0.25) is 9.59 Å². The Balaban J connectivity index is 2.08. The highest BCUT2D eigenvalue weighted by atomic mass is 19.1. The number of amides is 1. The van der Waals surface area contributed by atoms with Gasteiger partial charge in [0.1, 0.15) is 12.4 Å². The number of nitrogens with one attached hydrogen (secondary N) is 1. The highest BCUT2D eigenvalue weighted by Gasteiger charge is 2.26. The molecule has 32 heavy (non-hydrogen) atoms. The molecule has 1 amide bonds. The number of carboxylic acids is 1. The molecule has 0 aliphatic heterocycles. The van der Waals surface area contributed by atoms with Gasteiger partial charge >= 0.3 is 5.97 Å². The van der Waals surface area contributed by atoms with Crippen LogP contribution in [0.2, 0.25) is 0 Å². The van der Waals surface area contributed by atoms with Crippen LogP contribution in [0.1, 0.15) is 30.0 Å². The molecule has 1 aliphatic rings. The summed E-state index contributed by atoms with van der Waals surface area (Å²) in [6.45, 7) is 1.37. The zero-order valence-electron chi connectivity index (χ0n) is 18.2. The Morgan fingerprint density at radius 2 is 1.69 bits per heavy atom. The molecule has 0 radical (unpaired) electrons. The van der Waals surface area contributed by atoms with Gasteiger partial charge in [-0.25, -0.2) is 4.39 Å². The lowest BCUT2D eigenvalue weighted by Gasteiger charge is -2.13. The van der Waals surface area contributed by atoms with Gasteiger partial charge in [0.25, 0.3) is 0 Å². The first-order chi connectivity index (χ1) is 15.3. The van der Waals surface area contributed by atoms with Crippen LogP contribution in [0.5, 0.6) is 17.2 Å². The molecule has 0 saturated heterocycles. The molecule has 0 saturated carbocycles. The van der Waals surface area contributed by atoms with Crippen molar-refractivity contribution in [2.45, 2.75) is 13.3 Å². The summed E-state index contributed by atoms with van der Waals surface area (Å²) in [5.74, 6) is -0.559. The van der Waals surface area contributed by atoms with Crippen molar-refractivity contribution in [3.8, 4) is 17.2 Å². The SMILES string of the molecule is COc1cc(C=C2C(C)=C(CC(=O)NCC(=O)O)c3cc(F)ccc32)cc(OC)c1OC. The number of methoxy groups -OCH3 is 3. The van der Waals surface area contributed by atoms with Crippen LogP contribution in [0.15, 0.2) is 35.9 Å². The Bertz CT molecular complexity index is 1110. The fraction of sp³-hybridized carbons (Fsp3) is 0.250. The predicted molar refractivity (Wildman–Crippen MR) is 118 cm³/mol. The number of carboxylic acid groups (broad SMARTS) is 1. The van der Waals surface area contributed by atoms with Gasteiger partial charge in [0.05, 0.1) is 27.8 Å². The van der Waals surface area contributed by atoms with Crippen molar-refractivity contribution in [1.82, 2.24) is 5.32 Å². The molecule has 1 aliphatic carbocycles. The number of allylic oxidation sites excluding steroid dienone is 2. The van der Waals surface area contributed by atoms with E-state index in [1.165, 1.54) is 33.5 Å². The monoisotopic (exact) mass is 441 g/mol. The van der Waals surface area contributed by atoms with Crippen LogP contribution in [0, 0.1) is 5.82 Å². The summed E-state index contributed by atoms with van der Waals surface area (Å²) in [6, 6.07) is 8.00. The van der Waals surface area contributed by atoms with Crippen molar-refractivity contribution >= 4 is 29.1 Å². The molecule has 0 spiro atoms. The van der Waals surface area contributed by atoms with E-state index in [0.717, 1.165) is 22.3 Å². The van der Waals surface area contributed by atoms with E-state index in [1.807, 2.05) is 13.0 Å². The molecular weight excluding hydrogens is 417 g/mol. The van der Waals surface area contributed by atoms with Crippen molar-refractivity contribution in [2.75, 3.05) is 27.9 Å². The summed E-state index contributed by atoms with van der Waals surface area (Å²) in [7, 11) is 4.58. The molecule has 0 fully saturated rings. The second-order valence-electron chi connectivity index (χ2n) is 7.16. The maximum absolute atomic E-state index is 14.0. The zero-order valence-corrected chi connectivity index (χ0v) is 18.2. The van der Waals surface area contributed by atoms with Gasteiger partial charge < -0.3 is 24.6 Å². The molecule has 7 nitrogen and oxygen atoms in total. The van der Waals surface area contributed by atoms with Crippen molar-refractivity contribution in [3.63, 3.8) is 0 Å². The molecule has 2 aromatic rings. The predicted octanol–water partition coefficient (Wildman–Crippen LogP) is 3.77. The fourth-order valence-electron chi connectivity index (χ4n) is 3.73. The number of benzene rings is 2. The van der Waals surface area contributed by atoms with E-state index in [-0.39, 0.29) is 6.42 Å². The lowest BCUT2D eigenvalue weighted by atomic mass is 10.00. The number of hydrogen-bond acceptors (Lipinski definition) is 5.